The minimum absolute atomic E-state index is 0. The average Bonchev–Trinajstić information content (AvgIpc) is 3.15. The quantitative estimate of drug-likeness (QED) is 0.0226. The summed E-state index contributed by atoms with van der Waals surface area (Å²) in [6.07, 6.45) is 16.9. The van der Waals surface area contributed by atoms with E-state index in [1.807, 2.05) is 0 Å². The third kappa shape index (κ3) is 36.3. The van der Waals surface area contributed by atoms with E-state index in [1.165, 1.54) is 44.9 Å². The Labute approximate surface area is 375 Å². The van der Waals surface area contributed by atoms with Gasteiger partial charge in [-0.3, -0.25) is 25.5 Å². The van der Waals surface area contributed by atoms with Crippen LogP contribution in [0.15, 0.2) is 12.3 Å². The van der Waals surface area contributed by atoms with Gasteiger partial charge in [0, 0.05) is 78.3 Å². The van der Waals surface area contributed by atoms with E-state index in [0.717, 1.165) is 38.5 Å². The summed E-state index contributed by atoms with van der Waals surface area (Å²) in [5, 5.41) is 47.1. The van der Waals surface area contributed by atoms with Gasteiger partial charge >= 0.3 is 17.9 Å². The Morgan fingerprint density at radius 2 is 0.797 bits per heavy atom. The molecule has 0 spiro atoms. The molecule has 0 aromatic heterocycles. The van der Waals surface area contributed by atoms with Crippen LogP contribution >= 0.6 is 0 Å². The van der Waals surface area contributed by atoms with Gasteiger partial charge in [-0.25, -0.2) is 20.4 Å². The number of unbranched alkanes of at least 4 members (excludes halogenated alkanes) is 14. The van der Waals surface area contributed by atoms with E-state index < -0.39 is 85.0 Å². The second-order valence-electron chi connectivity index (χ2n) is 14.5. The maximum atomic E-state index is 12.5. The van der Waals surface area contributed by atoms with Crippen LogP contribution < -0.4 is 21.3 Å². The van der Waals surface area contributed by atoms with Crippen molar-refractivity contribution in [3.63, 3.8) is 0 Å². The Balaban J connectivity index is -0.0000157. The number of aliphatic carboxylic acids is 3. The number of nitrogens with one attached hydrogen (secondary N) is 5. The molecule has 0 saturated heterocycles. The van der Waals surface area contributed by atoms with Crippen molar-refractivity contribution in [2.24, 2.45) is 0 Å². The standard InChI is InChI=1S/C40H67N5O12.V.W/c1-29(47)18-14-12-10-8-6-4-2-3-5-7-9-11-13-15-20-35(49)43-32(39(54)55)22-25-37(51)45-33(40(56)57)23-26-36(50)44-31(38(52)53)21-24-34(48)42-27-17-16-19-30(41)28-46;;/h30-33,41,47H,1-27H2,(H,42,48)(H,43,49)(H,44,50)(H,45,51)(H,52,53)(H,54,55)(H,56,57);;/q-2;;/t30-,31-,32-,33-;;/m0../s1. The maximum Gasteiger partial charge on any atom is 0.326 e. The molecular weight excluding hydrogens is 977 g/mol. The molecule has 0 aliphatic rings. The van der Waals surface area contributed by atoms with E-state index in [9.17, 15) is 53.7 Å². The minimum Gasteiger partial charge on any atom is -0.698 e. The molecule has 337 valence electrons. The number of allylic oxidation sites excluding steroid dienone is 1. The second-order valence-corrected chi connectivity index (χ2v) is 14.5. The predicted molar refractivity (Wildman–Crippen MR) is 213 cm³/mol. The first-order valence-electron chi connectivity index (χ1n) is 20.4. The molecule has 0 heterocycles. The topological polar surface area (TPSA) is 289 Å². The zero-order chi connectivity index (χ0) is 42.8. The normalized spacial score (nSPS) is 12.6. The Kier molecular flexibility index (Phi) is 39.6. The van der Waals surface area contributed by atoms with Crippen LogP contribution in [0.2, 0.25) is 0 Å². The Bertz CT molecular complexity index is 1260. The minimum atomic E-state index is -1.53. The molecule has 0 aromatic rings. The zero-order valence-corrected chi connectivity index (χ0v) is 38.6. The van der Waals surface area contributed by atoms with Crippen molar-refractivity contribution in [2.45, 2.75) is 185 Å². The third-order valence-electron chi connectivity index (χ3n) is 9.38. The first-order chi connectivity index (χ1) is 27.2. The van der Waals surface area contributed by atoms with Gasteiger partial charge in [-0.1, -0.05) is 96.5 Å². The van der Waals surface area contributed by atoms with E-state index >= 15 is 0 Å². The van der Waals surface area contributed by atoms with Crippen LogP contribution in [0, 0.1) is 0 Å². The summed E-state index contributed by atoms with van der Waals surface area (Å²) in [4.78, 5) is 94.8. The summed E-state index contributed by atoms with van der Waals surface area (Å²) in [6, 6.07) is -5.26. The molecule has 9 N–H and O–H groups in total. The van der Waals surface area contributed by atoms with Crippen LogP contribution in [0.1, 0.15) is 161 Å². The molecule has 0 saturated carbocycles. The van der Waals surface area contributed by atoms with Crippen LogP contribution in [0.4, 0.5) is 0 Å². The molecule has 0 unspecified atom stereocenters. The smallest absolute Gasteiger partial charge is 0.326 e. The number of hydrogen-bond acceptors (Lipinski definition) is 9. The number of aliphatic hydroxyl groups is 1. The molecule has 0 rings (SSSR count). The first-order valence-corrected chi connectivity index (χ1v) is 20.4. The van der Waals surface area contributed by atoms with E-state index in [4.69, 9.17) is 10.8 Å². The summed E-state index contributed by atoms with van der Waals surface area (Å²) in [7, 11) is 0. The van der Waals surface area contributed by atoms with Gasteiger partial charge in [-0.05, 0) is 38.5 Å². The summed E-state index contributed by atoms with van der Waals surface area (Å²) < 4.78 is 0. The Morgan fingerprint density at radius 1 is 0.475 bits per heavy atom. The molecule has 0 aliphatic heterocycles. The molecule has 0 fully saturated rings. The van der Waals surface area contributed by atoms with Crippen molar-refractivity contribution in [3.8, 4) is 0 Å². The molecule has 4 atom stereocenters. The summed E-state index contributed by atoms with van der Waals surface area (Å²) in [5.41, 5.74) is 7.30. The van der Waals surface area contributed by atoms with Crippen LogP contribution in [-0.2, 0) is 78.0 Å². The van der Waals surface area contributed by atoms with Gasteiger partial charge < -0.3 is 52.2 Å². The molecule has 1 radical (unpaired) electrons. The fourth-order valence-electron chi connectivity index (χ4n) is 5.98. The number of amides is 4. The van der Waals surface area contributed by atoms with Crippen LogP contribution in [0.5, 0.6) is 0 Å². The Morgan fingerprint density at radius 3 is 1.14 bits per heavy atom. The van der Waals surface area contributed by atoms with Gasteiger partial charge in [0.15, 0.2) is 0 Å². The molecule has 19 heteroatoms. The molecule has 4 amide bonds. The van der Waals surface area contributed by atoms with Gasteiger partial charge in [0.2, 0.25) is 23.6 Å². The van der Waals surface area contributed by atoms with Gasteiger partial charge in [-0.2, -0.15) is 0 Å². The van der Waals surface area contributed by atoms with E-state index in [-0.39, 0.29) is 77.6 Å². The van der Waals surface area contributed by atoms with Crippen molar-refractivity contribution >= 4 is 47.8 Å². The first kappa shape index (κ1) is 60.0. The van der Waals surface area contributed by atoms with Gasteiger partial charge in [0.1, 0.15) is 18.1 Å². The van der Waals surface area contributed by atoms with Crippen molar-refractivity contribution < 1.29 is 98.4 Å². The van der Waals surface area contributed by atoms with Crippen molar-refractivity contribution in [1.82, 2.24) is 21.3 Å². The van der Waals surface area contributed by atoms with Gasteiger partial charge in [0.05, 0.1) is 5.76 Å². The second kappa shape index (κ2) is 38.9. The predicted octanol–water partition coefficient (Wildman–Crippen LogP) is 5.16. The molecule has 0 aromatic carbocycles. The van der Waals surface area contributed by atoms with Gasteiger partial charge in [-0.15, -0.1) is 0 Å². The summed E-state index contributed by atoms with van der Waals surface area (Å²) in [6.45, 7) is 3.76. The number of carboxylic acids is 3. The zero-order valence-electron chi connectivity index (χ0n) is 34.3. The van der Waals surface area contributed by atoms with Crippen LogP contribution in [0.25, 0.3) is 5.73 Å². The number of carbonyl (C=O) groups is 7. The van der Waals surface area contributed by atoms with E-state index in [1.54, 1.807) is 6.29 Å². The van der Waals surface area contributed by atoms with E-state index in [0.29, 0.717) is 32.1 Å². The van der Waals surface area contributed by atoms with E-state index in [2.05, 4.69) is 27.8 Å². The molecule has 59 heavy (non-hydrogen) atoms. The maximum absolute atomic E-state index is 12.5. The Hall–Kier alpha value is -3.27. The molecule has 0 aliphatic carbocycles. The number of aliphatic hydroxyl groups excluding tert-OH is 1. The average molecular weight is 1040 g/mol. The molecule has 0 bridgehead atoms. The largest absolute Gasteiger partial charge is 0.698 e. The monoisotopic (exact) mass is 1040 g/mol. The number of carbonyl (C=O) groups excluding carboxylic acids is 5. The van der Waals surface area contributed by atoms with Crippen molar-refractivity contribution in [1.29, 1.82) is 0 Å². The van der Waals surface area contributed by atoms with Gasteiger partial charge in [0.25, 0.3) is 0 Å². The number of carboxylic acid groups (broad SMARTS) is 3. The fourth-order valence-corrected chi connectivity index (χ4v) is 5.98. The summed E-state index contributed by atoms with van der Waals surface area (Å²) >= 11 is 0. The number of rotatable bonds is 38. The fraction of sp³-hybridized carbons (Fsp3) is 0.750. The van der Waals surface area contributed by atoms with Crippen LogP contribution in [0.3, 0.4) is 0 Å². The van der Waals surface area contributed by atoms with Crippen LogP contribution in [-0.4, -0.2) is 99.0 Å². The summed E-state index contributed by atoms with van der Waals surface area (Å²) in [5.74, 6) is -6.49. The third-order valence-corrected chi connectivity index (χ3v) is 9.38. The SMILES string of the molecule is C=C(O)CCCCCCCCCCCCCCCCC(=O)N[C@@H](CCC(=O)N[C@@H](CCC(=O)N[C@@H](CCC(=O)NCCCC[C@H]([NH-])[C-]=O)C(=O)O)C(=O)O)C(=O)O.[V].[W]. The molecule has 17 nitrogen and oxygen atoms in total. The molecular formula is C40H67N5O12VW-2. The number of hydrogen-bond donors (Lipinski definition) is 8. The van der Waals surface area contributed by atoms with Crippen molar-refractivity contribution in [3.05, 3.63) is 18.1 Å². The van der Waals surface area contributed by atoms with Crippen molar-refractivity contribution in [2.75, 3.05) is 6.54 Å².